The average Bonchev–Trinajstić information content (AvgIpc) is 2.70. The molecule has 0 radical (unpaired) electrons. The first-order valence-corrected chi connectivity index (χ1v) is 5.55. The van der Waals surface area contributed by atoms with Crippen LogP contribution in [-0.4, -0.2) is 5.97 Å². The van der Waals surface area contributed by atoms with Gasteiger partial charge in [0.25, 0.3) is 0 Å². The summed E-state index contributed by atoms with van der Waals surface area (Å²) in [6, 6.07) is 0. The van der Waals surface area contributed by atoms with Crippen LogP contribution in [0.3, 0.4) is 0 Å². The minimum absolute atomic E-state index is 0.177. The SMILES string of the molecule is CCCC/C=C1\C=C2OC(=O)C(C)=C2C1. The normalized spacial score (nSPS) is 22.1. The lowest BCUT2D eigenvalue weighted by Crippen LogP contribution is -1.95. The molecule has 1 heterocycles. The molecule has 0 bridgehead atoms. The Morgan fingerprint density at radius 2 is 2.33 bits per heavy atom. The van der Waals surface area contributed by atoms with E-state index < -0.39 is 0 Å². The highest BCUT2D eigenvalue weighted by molar-refractivity contribution is 5.94. The smallest absolute Gasteiger partial charge is 0.339 e. The Bertz CT molecular complexity index is 383. The zero-order valence-corrected chi connectivity index (χ0v) is 9.30. The molecular formula is C13H16O2. The predicted octanol–water partition coefficient (Wildman–Crippen LogP) is 3.26. The fourth-order valence-electron chi connectivity index (χ4n) is 1.93. The van der Waals surface area contributed by atoms with Gasteiger partial charge in [-0.15, -0.1) is 0 Å². The molecule has 2 aliphatic rings. The minimum Gasteiger partial charge on any atom is -0.423 e. The largest absolute Gasteiger partial charge is 0.423 e. The van der Waals surface area contributed by atoms with Gasteiger partial charge in [-0.2, -0.15) is 0 Å². The summed E-state index contributed by atoms with van der Waals surface area (Å²) < 4.78 is 5.14. The molecule has 80 valence electrons. The van der Waals surface area contributed by atoms with E-state index in [2.05, 4.69) is 13.0 Å². The fraction of sp³-hybridized carbons (Fsp3) is 0.462. The van der Waals surface area contributed by atoms with Crippen molar-refractivity contribution in [3.8, 4) is 0 Å². The Balaban J connectivity index is 2.09. The monoisotopic (exact) mass is 204 g/mol. The molecule has 2 heteroatoms. The van der Waals surface area contributed by atoms with Crippen molar-refractivity contribution in [1.29, 1.82) is 0 Å². The van der Waals surface area contributed by atoms with Gasteiger partial charge >= 0.3 is 5.97 Å². The molecule has 15 heavy (non-hydrogen) atoms. The summed E-state index contributed by atoms with van der Waals surface area (Å²) in [5, 5.41) is 0. The topological polar surface area (TPSA) is 26.3 Å². The average molecular weight is 204 g/mol. The van der Waals surface area contributed by atoms with Crippen molar-refractivity contribution in [1.82, 2.24) is 0 Å². The van der Waals surface area contributed by atoms with E-state index in [1.54, 1.807) is 0 Å². The summed E-state index contributed by atoms with van der Waals surface area (Å²) in [5.74, 6) is 0.601. The maximum absolute atomic E-state index is 11.2. The lowest BCUT2D eigenvalue weighted by molar-refractivity contribution is -0.133. The third-order valence-electron chi connectivity index (χ3n) is 2.92. The molecule has 0 N–H and O–H groups in total. The number of esters is 1. The van der Waals surface area contributed by atoms with Crippen LogP contribution in [0.25, 0.3) is 0 Å². The number of hydrogen-bond donors (Lipinski definition) is 0. The number of hydrogen-bond acceptors (Lipinski definition) is 2. The molecule has 0 aromatic carbocycles. The third-order valence-corrected chi connectivity index (χ3v) is 2.92. The van der Waals surface area contributed by atoms with E-state index in [-0.39, 0.29) is 5.97 Å². The maximum atomic E-state index is 11.2. The van der Waals surface area contributed by atoms with E-state index >= 15 is 0 Å². The van der Waals surface area contributed by atoms with Crippen LogP contribution in [-0.2, 0) is 9.53 Å². The number of ether oxygens (including phenoxy) is 1. The van der Waals surface area contributed by atoms with Gasteiger partial charge in [-0.1, -0.05) is 25.8 Å². The summed E-state index contributed by atoms with van der Waals surface area (Å²) >= 11 is 0. The minimum atomic E-state index is -0.177. The first-order valence-electron chi connectivity index (χ1n) is 5.55. The first-order chi connectivity index (χ1) is 7.22. The number of allylic oxidation sites excluding steroid dienone is 4. The van der Waals surface area contributed by atoms with Crippen LogP contribution in [0.4, 0.5) is 0 Å². The molecule has 0 fully saturated rings. The molecule has 2 nitrogen and oxygen atoms in total. The lowest BCUT2D eigenvalue weighted by atomic mass is 10.1. The Kier molecular flexibility index (Phi) is 2.76. The van der Waals surface area contributed by atoms with Crippen molar-refractivity contribution >= 4 is 5.97 Å². The highest BCUT2D eigenvalue weighted by Gasteiger charge is 2.30. The quantitative estimate of drug-likeness (QED) is 0.521. The summed E-state index contributed by atoms with van der Waals surface area (Å²) in [6.45, 7) is 4.03. The van der Waals surface area contributed by atoms with Gasteiger partial charge < -0.3 is 4.74 Å². The van der Waals surface area contributed by atoms with Crippen LogP contribution in [0.15, 0.2) is 34.6 Å². The number of carbonyl (C=O) groups excluding carboxylic acids is 1. The van der Waals surface area contributed by atoms with Gasteiger partial charge in [-0.05, 0) is 25.0 Å². The number of fused-ring (bicyclic) bond motifs is 1. The molecule has 1 aliphatic carbocycles. The predicted molar refractivity (Wildman–Crippen MR) is 59.1 cm³/mol. The third kappa shape index (κ3) is 1.89. The highest BCUT2D eigenvalue weighted by Crippen LogP contribution is 2.37. The van der Waals surface area contributed by atoms with Crippen molar-refractivity contribution in [2.24, 2.45) is 0 Å². The zero-order chi connectivity index (χ0) is 10.8. The van der Waals surface area contributed by atoms with Gasteiger partial charge in [0.05, 0.1) is 0 Å². The van der Waals surface area contributed by atoms with Crippen molar-refractivity contribution in [3.63, 3.8) is 0 Å². The van der Waals surface area contributed by atoms with Crippen LogP contribution < -0.4 is 0 Å². The summed E-state index contributed by atoms with van der Waals surface area (Å²) in [6.07, 6.45) is 8.69. The van der Waals surface area contributed by atoms with Crippen molar-refractivity contribution in [2.75, 3.05) is 0 Å². The van der Waals surface area contributed by atoms with Crippen LogP contribution in [0, 0.1) is 0 Å². The number of rotatable bonds is 3. The Labute approximate surface area is 90.3 Å². The van der Waals surface area contributed by atoms with Gasteiger partial charge in [-0.3, -0.25) is 0 Å². The van der Waals surface area contributed by atoms with E-state index in [0.29, 0.717) is 0 Å². The van der Waals surface area contributed by atoms with Gasteiger partial charge in [0.2, 0.25) is 0 Å². The van der Waals surface area contributed by atoms with Crippen molar-refractivity contribution in [2.45, 2.75) is 39.5 Å². The number of unbranched alkanes of at least 4 members (excludes halogenated alkanes) is 2. The highest BCUT2D eigenvalue weighted by atomic mass is 16.5. The second kappa shape index (κ2) is 4.05. The maximum Gasteiger partial charge on any atom is 0.339 e. The van der Waals surface area contributed by atoms with Crippen LogP contribution >= 0.6 is 0 Å². The van der Waals surface area contributed by atoms with E-state index in [1.807, 2.05) is 13.0 Å². The summed E-state index contributed by atoms with van der Waals surface area (Å²) in [7, 11) is 0. The lowest BCUT2D eigenvalue weighted by Gasteiger charge is -1.95. The van der Waals surface area contributed by atoms with E-state index in [4.69, 9.17) is 4.74 Å². The molecule has 0 unspecified atom stereocenters. The van der Waals surface area contributed by atoms with Gasteiger partial charge in [0, 0.05) is 17.6 Å². The van der Waals surface area contributed by atoms with Crippen LogP contribution in [0.1, 0.15) is 39.5 Å². The van der Waals surface area contributed by atoms with E-state index in [1.165, 1.54) is 18.4 Å². The molecule has 0 amide bonds. The zero-order valence-electron chi connectivity index (χ0n) is 9.30. The second-order valence-electron chi connectivity index (χ2n) is 4.10. The molecule has 1 aliphatic heterocycles. The molecule has 0 aromatic heterocycles. The van der Waals surface area contributed by atoms with Crippen molar-refractivity contribution < 1.29 is 9.53 Å². The molecule has 2 rings (SSSR count). The van der Waals surface area contributed by atoms with Crippen molar-refractivity contribution in [3.05, 3.63) is 34.6 Å². The van der Waals surface area contributed by atoms with Gasteiger partial charge in [0.1, 0.15) is 5.76 Å². The molecular weight excluding hydrogens is 188 g/mol. The Hall–Kier alpha value is -1.31. The van der Waals surface area contributed by atoms with Gasteiger partial charge in [-0.25, -0.2) is 4.79 Å². The fourth-order valence-corrected chi connectivity index (χ4v) is 1.93. The Morgan fingerprint density at radius 1 is 1.53 bits per heavy atom. The van der Waals surface area contributed by atoms with E-state index in [9.17, 15) is 4.79 Å². The molecule has 0 saturated carbocycles. The molecule has 0 atom stereocenters. The van der Waals surface area contributed by atoms with E-state index in [0.717, 1.165) is 29.7 Å². The molecule has 0 aromatic rings. The van der Waals surface area contributed by atoms with Gasteiger partial charge in [0.15, 0.2) is 0 Å². The summed E-state index contributed by atoms with van der Waals surface area (Å²) in [5.41, 5.74) is 3.16. The molecule has 0 saturated heterocycles. The summed E-state index contributed by atoms with van der Waals surface area (Å²) in [4.78, 5) is 11.2. The number of carbonyl (C=O) groups is 1. The van der Waals surface area contributed by atoms with Crippen LogP contribution in [0.2, 0.25) is 0 Å². The van der Waals surface area contributed by atoms with Crippen LogP contribution in [0.5, 0.6) is 0 Å². The second-order valence-corrected chi connectivity index (χ2v) is 4.10. The molecule has 0 spiro atoms. The Morgan fingerprint density at radius 3 is 3.00 bits per heavy atom. The first kappa shape index (κ1) is 10.2. The standard InChI is InChI=1S/C13H16O2/c1-3-4-5-6-10-7-11-9(2)13(14)15-12(11)8-10/h6,8H,3-5,7H2,1-2H3/b10-6-.